The Hall–Kier alpha value is -1.27. The lowest BCUT2D eigenvalue weighted by Gasteiger charge is -2.10. The summed E-state index contributed by atoms with van der Waals surface area (Å²) in [6, 6.07) is 5.11. The number of hydrogen-bond donors (Lipinski definition) is 1. The summed E-state index contributed by atoms with van der Waals surface area (Å²) in [6.07, 6.45) is -3.51. The van der Waals surface area contributed by atoms with Crippen LogP contribution in [0.25, 0.3) is 0 Å². The van der Waals surface area contributed by atoms with Gasteiger partial charge in [0, 0.05) is 32.6 Å². The van der Waals surface area contributed by atoms with E-state index in [-0.39, 0.29) is 0 Å². The zero-order valence-corrected chi connectivity index (χ0v) is 10.8. The Morgan fingerprint density at radius 2 is 1.95 bits per heavy atom. The molecule has 1 N–H and O–H groups in total. The summed E-state index contributed by atoms with van der Waals surface area (Å²) in [5, 5.41) is 2.89. The highest BCUT2D eigenvalue weighted by molar-refractivity contribution is 5.46. The maximum absolute atomic E-state index is 12.5. The van der Waals surface area contributed by atoms with E-state index in [1.807, 2.05) is 0 Å². The molecule has 0 unspecified atom stereocenters. The second-order valence-electron chi connectivity index (χ2n) is 3.96. The molecule has 3 nitrogen and oxygen atoms in total. The van der Waals surface area contributed by atoms with E-state index in [0.29, 0.717) is 32.1 Å². The Bertz CT molecular complexity index is 369. The van der Waals surface area contributed by atoms with Gasteiger partial charge in [-0.15, -0.1) is 0 Å². The minimum Gasteiger partial charge on any atom is -0.385 e. The van der Waals surface area contributed by atoms with Gasteiger partial charge in [-0.2, -0.15) is 13.2 Å². The molecule has 1 aromatic carbocycles. The van der Waals surface area contributed by atoms with E-state index in [1.165, 1.54) is 6.07 Å². The van der Waals surface area contributed by atoms with Crippen LogP contribution >= 0.6 is 0 Å². The van der Waals surface area contributed by atoms with Gasteiger partial charge < -0.3 is 14.8 Å². The molecule has 0 spiro atoms. The van der Waals surface area contributed by atoms with Crippen LogP contribution < -0.4 is 5.32 Å². The first-order valence-electron chi connectivity index (χ1n) is 6.02. The number of anilines is 1. The first kappa shape index (κ1) is 15.8. The number of methoxy groups -OCH3 is 1. The van der Waals surface area contributed by atoms with Crippen LogP contribution in [-0.2, 0) is 15.7 Å². The molecule has 0 heterocycles. The van der Waals surface area contributed by atoms with Crippen LogP contribution in [0.3, 0.4) is 0 Å². The van der Waals surface area contributed by atoms with E-state index >= 15 is 0 Å². The van der Waals surface area contributed by atoms with Crippen LogP contribution in [0.4, 0.5) is 18.9 Å². The topological polar surface area (TPSA) is 30.5 Å². The monoisotopic (exact) mass is 277 g/mol. The summed E-state index contributed by atoms with van der Waals surface area (Å²) >= 11 is 0. The smallest absolute Gasteiger partial charge is 0.385 e. The van der Waals surface area contributed by atoms with Crippen molar-refractivity contribution in [1.29, 1.82) is 0 Å². The van der Waals surface area contributed by atoms with Crippen LogP contribution in [0.2, 0.25) is 0 Å². The van der Waals surface area contributed by atoms with Gasteiger partial charge in [-0.3, -0.25) is 0 Å². The normalized spacial score (nSPS) is 11.6. The molecule has 108 valence electrons. The fraction of sp³-hybridized carbons (Fsp3) is 0.538. The number of ether oxygens (including phenoxy) is 2. The minimum atomic E-state index is -4.31. The summed E-state index contributed by atoms with van der Waals surface area (Å²) in [7, 11) is 1.62. The lowest BCUT2D eigenvalue weighted by molar-refractivity contribution is -0.137. The lowest BCUT2D eigenvalue weighted by Crippen LogP contribution is -2.12. The maximum atomic E-state index is 12.5. The number of hydrogen-bond acceptors (Lipinski definition) is 3. The van der Waals surface area contributed by atoms with Crippen molar-refractivity contribution in [3.05, 3.63) is 29.8 Å². The van der Waals surface area contributed by atoms with Crippen molar-refractivity contribution in [1.82, 2.24) is 0 Å². The van der Waals surface area contributed by atoms with Crippen molar-refractivity contribution in [2.45, 2.75) is 12.6 Å². The molecule has 0 bridgehead atoms. The molecule has 0 radical (unpaired) electrons. The molecule has 1 aromatic rings. The molecule has 6 heteroatoms. The van der Waals surface area contributed by atoms with Gasteiger partial charge in [0.2, 0.25) is 0 Å². The van der Waals surface area contributed by atoms with Crippen molar-refractivity contribution in [2.24, 2.45) is 0 Å². The van der Waals surface area contributed by atoms with Crippen molar-refractivity contribution < 1.29 is 22.6 Å². The SMILES string of the molecule is COCCCOCCNc1cccc(C(F)(F)F)c1. The molecular weight excluding hydrogens is 259 g/mol. The van der Waals surface area contributed by atoms with Crippen LogP contribution in [-0.4, -0.2) is 33.5 Å². The molecule has 0 aromatic heterocycles. The van der Waals surface area contributed by atoms with Gasteiger partial charge in [0.15, 0.2) is 0 Å². The van der Waals surface area contributed by atoms with Gasteiger partial charge in [0.1, 0.15) is 0 Å². The maximum Gasteiger partial charge on any atom is 0.416 e. The van der Waals surface area contributed by atoms with E-state index < -0.39 is 11.7 Å². The number of halogens is 3. The average molecular weight is 277 g/mol. The molecule has 0 atom stereocenters. The van der Waals surface area contributed by atoms with Crippen LogP contribution in [0.15, 0.2) is 24.3 Å². The van der Waals surface area contributed by atoms with Gasteiger partial charge in [-0.05, 0) is 24.6 Å². The molecular formula is C13H18F3NO2. The van der Waals surface area contributed by atoms with Crippen LogP contribution in [0.5, 0.6) is 0 Å². The van der Waals surface area contributed by atoms with Gasteiger partial charge in [-0.25, -0.2) is 0 Å². The van der Waals surface area contributed by atoms with Gasteiger partial charge in [0.25, 0.3) is 0 Å². The third kappa shape index (κ3) is 6.45. The van der Waals surface area contributed by atoms with E-state index in [1.54, 1.807) is 13.2 Å². The zero-order valence-electron chi connectivity index (χ0n) is 10.8. The molecule has 0 aliphatic carbocycles. The number of nitrogens with one attached hydrogen (secondary N) is 1. The fourth-order valence-corrected chi connectivity index (χ4v) is 1.48. The van der Waals surface area contributed by atoms with Gasteiger partial charge in [-0.1, -0.05) is 6.07 Å². The molecule has 0 amide bonds. The fourth-order valence-electron chi connectivity index (χ4n) is 1.48. The van der Waals surface area contributed by atoms with Crippen molar-refractivity contribution in [3.63, 3.8) is 0 Å². The highest BCUT2D eigenvalue weighted by Crippen LogP contribution is 2.30. The molecule has 19 heavy (non-hydrogen) atoms. The van der Waals surface area contributed by atoms with Crippen LogP contribution in [0, 0.1) is 0 Å². The summed E-state index contributed by atoms with van der Waals surface area (Å²) in [5.74, 6) is 0. The van der Waals surface area contributed by atoms with E-state index in [4.69, 9.17) is 9.47 Å². The Morgan fingerprint density at radius 1 is 1.16 bits per heavy atom. The second kappa shape index (κ2) is 8.01. The third-order valence-electron chi connectivity index (χ3n) is 2.40. The van der Waals surface area contributed by atoms with Crippen molar-refractivity contribution >= 4 is 5.69 Å². The molecule has 0 saturated carbocycles. The first-order chi connectivity index (χ1) is 9.04. The zero-order chi connectivity index (χ0) is 14.1. The molecule has 0 aliphatic heterocycles. The van der Waals surface area contributed by atoms with Gasteiger partial charge in [0.05, 0.1) is 12.2 Å². The highest BCUT2D eigenvalue weighted by Gasteiger charge is 2.30. The summed E-state index contributed by atoms with van der Waals surface area (Å²) in [5.41, 5.74) is -0.214. The predicted octanol–water partition coefficient (Wildman–Crippen LogP) is 3.17. The van der Waals surface area contributed by atoms with E-state index in [2.05, 4.69) is 5.32 Å². The first-order valence-corrected chi connectivity index (χ1v) is 6.02. The number of alkyl halides is 3. The van der Waals surface area contributed by atoms with Crippen molar-refractivity contribution in [3.8, 4) is 0 Å². The third-order valence-corrected chi connectivity index (χ3v) is 2.40. The molecule has 0 saturated heterocycles. The summed E-state index contributed by atoms with van der Waals surface area (Å²) in [4.78, 5) is 0. The highest BCUT2D eigenvalue weighted by atomic mass is 19.4. The quantitative estimate of drug-likeness (QED) is 0.740. The Labute approximate surface area is 110 Å². The Kier molecular flexibility index (Phi) is 6.66. The van der Waals surface area contributed by atoms with Crippen molar-refractivity contribution in [2.75, 3.05) is 38.8 Å². The van der Waals surface area contributed by atoms with E-state index in [0.717, 1.165) is 18.6 Å². The number of benzene rings is 1. The largest absolute Gasteiger partial charge is 0.416 e. The number of rotatable bonds is 8. The average Bonchev–Trinajstić information content (AvgIpc) is 2.37. The molecule has 1 rings (SSSR count). The Morgan fingerprint density at radius 3 is 2.63 bits per heavy atom. The van der Waals surface area contributed by atoms with Gasteiger partial charge >= 0.3 is 6.18 Å². The lowest BCUT2D eigenvalue weighted by atomic mass is 10.2. The molecule has 0 fully saturated rings. The van der Waals surface area contributed by atoms with Crippen LogP contribution in [0.1, 0.15) is 12.0 Å². The molecule has 0 aliphatic rings. The standard InChI is InChI=1S/C13H18F3NO2/c1-18-7-3-8-19-9-6-17-12-5-2-4-11(10-12)13(14,15)16/h2,4-5,10,17H,3,6-9H2,1H3. The Balaban J connectivity index is 2.26. The van der Waals surface area contributed by atoms with E-state index in [9.17, 15) is 13.2 Å². The summed E-state index contributed by atoms with van der Waals surface area (Å²) in [6.45, 7) is 2.13. The minimum absolute atomic E-state index is 0.440. The predicted molar refractivity (Wildman–Crippen MR) is 67.2 cm³/mol. The second-order valence-corrected chi connectivity index (χ2v) is 3.96. The summed E-state index contributed by atoms with van der Waals surface area (Å²) < 4.78 is 47.5.